The van der Waals surface area contributed by atoms with Crippen LogP contribution in [0.15, 0.2) is 48.1 Å². The number of aliphatic carboxylic acids is 1. The summed E-state index contributed by atoms with van der Waals surface area (Å²) in [6.07, 6.45) is 3.48. The van der Waals surface area contributed by atoms with Crippen LogP contribution in [0.2, 0.25) is 0 Å². The van der Waals surface area contributed by atoms with Gasteiger partial charge in [0.05, 0.1) is 16.9 Å². The van der Waals surface area contributed by atoms with Crippen molar-refractivity contribution in [3.05, 3.63) is 63.2 Å². The summed E-state index contributed by atoms with van der Waals surface area (Å²) < 4.78 is 11.3. The Hall–Kier alpha value is -3.08. The maximum atomic E-state index is 12.1. The zero-order valence-electron chi connectivity index (χ0n) is 15.5. The lowest BCUT2D eigenvalue weighted by atomic mass is 10.1. The molecule has 0 saturated heterocycles. The van der Waals surface area contributed by atoms with E-state index in [-0.39, 0.29) is 11.3 Å². The highest BCUT2D eigenvalue weighted by molar-refractivity contribution is 14.1. The zero-order valence-corrected chi connectivity index (χ0v) is 17.7. The van der Waals surface area contributed by atoms with Gasteiger partial charge in [0.1, 0.15) is 5.75 Å². The molecule has 0 aliphatic carbocycles. The highest BCUT2D eigenvalue weighted by atomic mass is 127. The Kier molecular flexibility index (Phi) is 8.01. The van der Waals surface area contributed by atoms with E-state index in [1.54, 1.807) is 30.3 Å². The van der Waals surface area contributed by atoms with Gasteiger partial charge in [-0.2, -0.15) is 5.10 Å². The number of hydrogen-bond acceptors (Lipinski definition) is 6. The number of methoxy groups -OCH3 is 1. The second-order valence-electron chi connectivity index (χ2n) is 5.75. The highest BCUT2D eigenvalue weighted by Crippen LogP contribution is 2.33. The second-order valence-corrected chi connectivity index (χ2v) is 6.91. The van der Waals surface area contributed by atoms with Crippen LogP contribution in [0.5, 0.6) is 17.2 Å². The van der Waals surface area contributed by atoms with E-state index in [0.717, 1.165) is 0 Å². The number of ether oxygens (including phenoxy) is 2. The summed E-state index contributed by atoms with van der Waals surface area (Å²) in [6, 6.07) is 7.89. The number of phenols is 1. The number of rotatable bonds is 9. The third kappa shape index (κ3) is 6.21. The van der Waals surface area contributed by atoms with E-state index in [0.29, 0.717) is 32.6 Å². The van der Waals surface area contributed by atoms with Gasteiger partial charge in [-0.1, -0.05) is 6.08 Å². The molecule has 0 saturated carbocycles. The number of carboxylic acids is 1. The molecule has 0 heterocycles. The number of nitrogens with zero attached hydrogens (tertiary/aromatic N) is 1. The van der Waals surface area contributed by atoms with Crippen molar-refractivity contribution in [2.45, 2.75) is 6.42 Å². The number of carbonyl (C=O) groups is 2. The summed E-state index contributed by atoms with van der Waals surface area (Å²) in [5.74, 6) is -0.927. The molecule has 29 heavy (non-hydrogen) atoms. The first kappa shape index (κ1) is 22.2. The van der Waals surface area contributed by atoms with Gasteiger partial charge in [-0.05, 0) is 64.9 Å². The zero-order chi connectivity index (χ0) is 21.4. The van der Waals surface area contributed by atoms with E-state index in [1.165, 1.54) is 19.4 Å². The Morgan fingerprint density at radius 3 is 2.69 bits per heavy atom. The lowest BCUT2D eigenvalue weighted by Gasteiger charge is -2.14. The molecule has 0 fully saturated rings. The molecule has 3 N–H and O–H groups in total. The summed E-state index contributed by atoms with van der Waals surface area (Å²) in [5.41, 5.74) is 3.92. The van der Waals surface area contributed by atoms with Gasteiger partial charge in [-0.25, -0.2) is 10.2 Å². The van der Waals surface area contributed by atoms with Crippen molar-refractivity contribution in [3.63, 3.8) is 0 Å². The van der Waals surface area contributed by atoms with Gasteiger partial charge in [0.15, 0.2) is 18.1 Å². The molecule has 0 aliphatic rings. The number of halogens is 1. The van der Waals surface area contributed by atoms with Gasteiger partial charge in [0, 0.05) is 11.1 Å². The third-order valence-electron chi connectivity index (χ3n) is 3.67. The van der Waals surface area contributed by atoms with E-state index in [4.69, 9.17) is 14.6 Å². The smallest absolute Gasteiger partial charge is 0.341 e. The van der Waals surface area contributed by atoms with Crippen LogP contribution in [0.3, 0.4) is 0 Å². The molecule has 2 aromatic carbocycles. The minimum atomic E-state index is -1.11. The first-order valence-corrected chi connectivity index (χ1v) is 9.42. The Labute approximate surface area is 181 Å². The van der Waals surface area contributed by atoms with Gasteiger partial charge >= 0.3 is 5.97 Å². The second kappa shape index (κ2) is 10.5. The van der Waals surface area contributed by atoms with Crippen molar-refractivity contribution in [2.75, 3.05) is 13.7 Å². The van der Waals surface area contributed by atoms with E-state index in [9.17, 15) is 14.7 Å². The fourth-order valence-electron chi connectivity index (χ4n) is 2.40. The van der Waals surface area contributed by atoms with Crippen LogP contribution >= 0.6 is 22.6 Å². The highest BCUT2D eigenvalue weighted by Gasteiger charge is 2.14. The van der Waals surface area contributed by atoms with E-state index in [1.807, 2.05) is 22.6 Å². The quantitative estimate of drug-likeness (QED) is 0.207. The number of benzene rings is 2. The standard InChI is InChI=1S/C20H19IN2O6/c1-3-4-13-7-12(8-17(28-2)19(13)29-11-18(25)26)10-22-23-20(27)14-5-6-15(21)16(24)9-14/h3,5-10,24H,1,4,11H2,2H3,(H,23,27)(H,25,26)/b22-10-. The average Bonchev–Trinajstić information content (AvgIpc) is 2.68. The predicted octanol–water partition coefficient (Wildman–Crippen LogP) is 2.96. The van der Waals surface area contributed by atoms with Crippen molar-refractivity contribution in [3.8, 4) is 17.2 Å². The third-order valence-corrected chi connectivity index (χ3v) is 4.58. The number of aromatic hydroxyl groups is 1. The molecule has 0 bridgehead atoms. The largest absolute Gasteiger partial charge is 0.507 e. The van der Waals surface area contributed by atoms with Crippen molar-refractivity contribution >= 4 is 40.7 Å². The van der Waals surface area contributed by atoms with Gasteiger partial charge in [0.25, 0.3) is 5.91 Å². The number of nitrogens with one attached hydrogen (secondary N) is 1. The van der Waals surface area contributed by atoms with Gasteiger partial charge in [-0.15, -0.1) is 6.58 Å². The molecule has 152 valence electrons. The van der Waals surface area contributed by atoms with Crippen molar-refractivity contribution in [1.29, 1.82) is 0 Å². The molecule has 2 aromatic rings. The number of phenolic OH excluding ortho intramolecular Hbond substituents is 1. The van der Waals surface area contributed by atoms with Crippen LogP contribution in [0.1, 0.15) is 21.5 Å². The molecule has 2 rings (SSSR count). The van der Waals surface area contributed by atoms with E-state index in [2.05, 4.69) is 17.1 Å². The van der Waals surface area contributed by atoms with Crippen LogP contribution in [0, 0.1) is 3.57 Å². The molecule has 0 spiro atoms. The molecular weight excluding hydrogens is 491 g/mol. The first-order valence-electron chi connectivity index (χ1n) is 8.34. The van der Waals surface area contributed by atoms with E-state index < -0.39 is 18.5 Å². The Morgan fingerprint density at radius 1 is 1.31 bits per heavy atom. The normalized spacial score (nSPS) is 10.6. The van der Waals surface area contributed by atoms with Crippen LogP contribution < -0.4 is 14.9 Å². The molecule has 8 nitrogen and oxygen atoms in total. The lowest BCUT2D eigenvalue weighted by molar-refractivity contribution is -0.139. The van der Waals surface area contributed by atoms with Crippen molar-refractivity contribution in [2.24, 2.45) is 5.10 Å². The summed E-state index contributed by atoms with van der Waals surface area (Å²) in [7, 11) is 1.44. The molecule has 0 unspecified atom stereocenters. The minimum absolute atomic E-state index is 0.0120. The van der Waals surface area contributed by atoms with Crippen LogP contribution in [0.4, 0.5) is 0 Å². The number of hydrogen-bond donors (Lipinski definition) is 3. The molecule has 9 heteroatoms. The molecule has 0 aliphatic heterocycles. The van der Waals surface area contributed by atoms with Crippen molar-refractivity contribution < 1.29 is 29.3 Å². The molecular formula is C20H19IN2O6. The van der Waals surface area contributed by atoms with Gasteiger partial charge in [0.2, 0.25) is 0 Å². The maximum absolute atomic E-state index is 12.1. The van der Waals surface area contributed by atoms with Gasteiger partial charge in [-0.3, -0.25) is 4.79 Å². The lowest BCUT2D eigenvalue weighted by Crippen LogP contribution is -2.17. The Bertz CT molecular complexity index is 958. The Morgan fingerprint density at radius 2 is 2.07 bits per heavy atom. The van der Waals surface area contributed by atoms with E-state index >= 15 is 0 Å². The summed E-state index contributed by atoms with van der Waals surface area (Å²) >= 11 is 1.96. The Balaban J connectivity index is 2.21. The van der Waals surface area contributed by atoms with Crippen LogP contribution in [-0.4, -0.2) is 42.0 Å². The maximum Gasteiger partial charge on any atom is 0.341 e. The minimum Gasteiger partial charge on any atom is -0.507 e. The number of hydrazone groups is 1. The summed E-state index contributed by atoms with van der Waals surface area (Å²) in [5, 5.41) is 22.5. The summed E-state index contributed by atoms with van der Waals surface area (Å²) in [4.78, 5) is 22.9. The molecule has 1 amide bonds. The predicted molar refractivity (Wildman–Crippen MR) is 116 cm³/mol. The molecule has 0 aromatic heterocycles. The summed E-state index contributed by atoms with van der Waals surface area (Å²) in [6.45, 7) is 3.18. The SMILES string of the molecule is C=CCc1cc(/C=N\NC(=O)c2ccc(I)c(O)c2)cc(OC)c1OCC(=O)O. The number of carbonyl (C=O) groups excluding carboxylic acids is 1. The fraction of sp³-hybridized carbons (Fsp3) is 0.150. The number of allylic oxidation sites excluding steroid dienone is 1. The number of amides is 1. The number of carboxylic acid groups (broad SMARTS) is 1. The first-order chi connectivity index (χ1) is 13.8. The average molecular weight is 510 g/mol. The van der Waals surface area contributed by atoms with Crippen molar-refractivity contribution in [1.82, 2.24) is 5.43 Å². The monoisotopic (exact) mass is 510 g/mol. The van der Waals surface area contributed by atoms with Gasteiger partial charge < -0.3 is 19.7 Å². The van der Waals surface area contributed by atoms with Crippen LogP contribution in [0.25, 0.3) is 0 Å². The van der Waals surface area contributed by atoms with Crippen LogP contribution in [-0.2, 0) is 11.2 Å². The topological polar surface area (TPSA) is 117 Å². The molecule has 0 atom stereocenters. The fourth-order valence-corrected chi connectivity index (χ4v) is 2.73. The molecule has 0 radical (unpaired) electrons.